The van der Waals surface area contributed by atoms with Gasteiger partial charge in [0, 0.05) is 19.7 Å². The Kier molecular flexibility index (Phi) is 8.90. The molecule has 2 N–H and O–H groups in total. The summed E-state index contributed by atoms with van der Waals surface area (Å²) in [7, 11) is 1.62. The van der Waals surface area contributed by atoms with Crippen molar-refractivity contribution in [3.05, 3.63) is 29.6 Å². The number of ether oxygens (including phenoxy) is 4. The molecule has 114 valence electrons. The molecule has 1 aromatic rings. The molecule has 0 radical (unpaired) electrons. The zero-order valence-corrected chi connectivity index (χ0v) is 11.8. The van der Waals surface area contributed by atoms with Gasteiger partial charge in [0.2, 0.25) is 0 Å². The normalized spacial score (nSPS) is 10.8. The van der Waals surface area contributed by atoms with Crippen LogP contribution in [-0.2, 0) is 20.8 Å². The molecule has 0 saturated carbocycles. The van der Waals surface area contributed by atoms with Crippen LogP contribution in [0, 0.1) is 5.82 Å². The van der Waals surface area contributed by atoms with Crippen LogP contribution >= 0.6 is 0 Å². The molecule has 0 aliphatic carbocycles. The predicted octanol–water partition coefficient (Wildman–Crippen LogP) is 1.34. The van der Waals surface area contributed by atoms with E-state index in [1.165, 1.54) is 12.1 Å². The molecule has 1 aromatic carbocycles. The zero-order valence-electron chi connectivity index (χ0n) is 11.8. The Morgan fingerprint density at radius 1 is 0.950 bits per heavy atom. The van der Waals surface area contributed by atoms with Crippen molar-refractivity contribution >= 4 is 0 Å². The molecule has 0 bridgehead atoms. The molecule has 0 atom stereocenters. The van der Waals surface area contributed by atoms with Gasteiger partial charge in [0.1, 0.15) is 18.2 Å². The molecular weight excluding hydrogens is 265 g/mol. The average Bonchev–Trinajstić information content (AvgIpc) is 2.45. The molecular formula is C14H22FNO4. The maximum absolute atomic E-state index is 13.2. The molecule has 1 rings (SSSR count). The van der Waals surface area contributed by atoms with Gasteiger partial charge in [-0.15, -0.1) is 0 Å². The van der Waals surface area contributed by atoms with E-state index < -0.39 is 0 Å². The van der Waals surface area contributed by atoms with Gasteiger partial charge in [-0.05, 0) is 17.7 Å². The van der Waals surface area contributed by atoms with Crippen molar-refractivity contribution in [3.8, 4) is 5.75 Å². The van der Waals surface area contributed by atoms with Crippen LogP contribution in [0.2, 0.25) is 0 Å². The van der Waals surface area contributed by atoms with Crippen molar-refractivity contribution in [1.82, 2.24) is 0 Å². The number of rotatable bonds is 11. The van der Waals surface area contributed by atoms with Gasteiger partial charge in [-0.1, -0.05) is 0 Å². The summed E-state index contributed by atoms with van der Waals surface area (Å²) < 4.78 is 34.0. The standard InChI is InChI=1S/C14H22FNO4/c1-17-2-3-18-4-5-19-6-7-20-14-9-12(11-16)8-13(15)10-14/h8-10H,2-7,11,16H2,1H3. The number of benzene rings is 1. The van der Waals surface area contributed by atoms with Crippen molar-refractivity contribution < 1.29 is 23.3 Å². The molecule has 0 saturated heterocycles. The molecule has 0 heterocycles. The third kappa shape index (κ3) is 7.40. The lowest BCUT2D eigenvalue weighted by molar-refractivity contribution is 0.0179. The average molecular weight is 287 g/mol. The van der Waals surface area contributed by atoms with E-state index in [2.05, 4.69) is 0 Å². The van der Waals surface area contributed by atoms with Gasteiger partial charge in [0.15, 0.2) is 0 Å². The van der Waals surface area contributed by atoms with E-state index in [-0.39, 0.29) is 12.4 Å². The SMILES string of the molecule is COCCOCCOCCOc1cc(F)cc(CN)c1. The zero-order chi connectivity index (χ0) is 14.6. The van der Waals surface area contributed by atoms with Crippen LogP contribution in [0.5, 0.6) is 5.75 Å². The molecule has 20 heavy (non-hydrogen) atoms. The Balaban J connectivity index is 2.08. The van der Waals surface area contributed by atoms with Crippen LogP contribution in [0.4, 0.5) is 4.39 Å². The van der Waals surface area contributed by atoms with E-state index in [0.717, 1.165) is 0 Å². The quantitative estimate of drug-likeness (QED) is 0.622. The maximum atomic E-state index is 13.2. The summed E-state index contributed by atoms with van der Waals surface area (Å²) >= 11 is 0. The molecule has 0 aromatic heterocycles. The topological polar surface area (TPSA) is 62.9 Å². The summed E-state index contributed by atoms with van der Waals surface area (Å²) in [5.74, 6) is 0.112. The van der Waals surface area contributed by atoms with Crippen LogP contribution in [0.15, 0.2) is 18.2 Å². The minimum absolute atomic E-state index is 0.281. The first-order chi connectivity index (χ1) is 9.76. The largest absolute Gasteiger partial charge is 0.491 e. The Morgan fingerprint density at radius 2 is 1.60 bits per heavy atom. The highest BCUT2D eigenvalue weighted by molar-refractivity contribution is 5.29. The van der Waals surface area contributed by atoms with Gasteiger partial charge in [-0.3, -0.25) is 0 Å². The van der Waals surface area contributed by atoms with Crippen LogP contribution in [0.3, 0.4) is 0 Å². The molecule has 0 spiro atoms. The number of hydrogen-bond acceptors (Lipinski definition) is 5. The Hall–Kier alpha value is -1.21. The third-order valence-corrected chi connectivity index (χ3v) is 2.47. The second-order valence-corrected chi connectivity index (χ2v) is 4.07. The number of nitrogens with two attached hydrogens (primary N) is 1. The van der Waals surface area contributed by atoms with Crippen LogP contribution in [0.1, 0.15) is 5.56 Å². The van der Waals surface area contributed by atoms with Crippen molar-refractivity contribution in [2.45, 2.75) is 6.54 Å². The van der Waals surface area contributed by atoms with Gasteiger partial charge in [0.25, 0.3) is 0 Å². The summed E-state index contributed by atoms with van der Waals surface area (Å²) in [6.07, 6.45) is 0. The second-order valence-electron chi connectivity index (χ2n) is 4.07. The van der Waals surface area contributed by atoms with Gasteiger partial charge >= 0.3 is 0 Å². The lowest BCUT2D eigenvalue weighted by atomic mass is 10.2. The van der Waals surface area contributed by atoms with Crippen LogP contribution in [0.25, 0.3) is 0 Å². The van der Waals surface area contributed by atoms with E-state index in [4.69, 9.17) is 24.7 Å². The Labute approximate surface area is 118 Å². The summed E-state index contributed by atoms with van der Waals surface area (Å²) in [4.78, 5) is 0. The summed E-state index contributed by atoms with van der Waals surface area (Å²) in [6, 6.07) is 4.44. The molecule has 6 heteroatoms. The van der Waals surface area contributed by atoms with Gasteiger partial charge in [-0.25, -0.2) is 4.39 Å². The fourth-order valence-electron chi connectivity index (χ4n) is 1.50. The monoisotopic (exact) mass is 287 g/mol. The first-order valence-electron chi connectivity index (χ1n) is 6.53. The molecule has 0 unspecified atom stereocenters. The lowest BCUT2D eigenvalue weighted by Crippen LogP contribution is -2.12. The van der Waals surface area contributed by atoms with E-state index in [1.54, 1.807) is 13.2 Å². The summed E-state index contributed by atoms with van der Waals surface area (Å²) in [5, 5.41) is 0. The van der Waals surface area contributed by atoms with Crippen molar-refractivity contribution in [2.24, 2.45) is 5.73 Å². The van der Waals surface area contributed by atoms with Crippen molar-refractivity contribution in [3.63, 3.8) is 0 Å². The molecule has 5 nitrogen and oxygen atoms in total. The van der Waals surface area contributed by atoms with Gasteiger partial charge in [0.05, 0.1) is 33.0 Å². The van der Waals surface area contributed by atoms with Crippen LogP contribution in [-0.4, -0.2) is 46.8 Å². The van der Waals surface area contributed by atoms with Crippen LogP contribution < -0.4 is 10.5 Å². The highest BCUT2D eigenvalue weighted by Gasteiger charge is 2.01. The maximum Gasteiger partial charge on any atom is 0.127 e. The number of hydrogen-bond donors (Lipinski definition) is 1. The first kappa shape index (κ1) is 16.8. The second kappa shape index (κ2) is 10.6. The molecule has 0 aliphatic rings. The van der Waals surface area contributed by atoms with Crippen molar-refractivity contribution in [1.29, 1.82) is 0 Å². The van der Waals surface area contributed by atoms with Gasteiger partial charge in [-0.2, -0.15) is 0 Å². The fourth-order valence-corrected chi connectivity index (χ4v) is 1.50. The van der Waals surface area contributed by atoms with Gasteiger partial charge < -0.3 is 24.7 Å². The lowest BCUT2D eigenvalue weighted by Gasteiger charge is -2.09. The minimum Gasteiger partial charge on any atom is -0.491 e. The Morgan fingerprint density at radius 3 is 2.25 bits per heavy atom. The highest BCUT2D eigenvalue weighted by atomic mass is 19.1. The first-order valence-corrected chi connectivity index (χ1v) is 6.53. The molecule has 0 amide bonds. The summed E-state index contributed by atoms with van der Waals surface area (Å²) in [6.45, 7) is 3.19. The van der Waals surface area contributed by atoms with E-state index in [1.807, 2.05) is 0 Å². The predicted molar refractivity (Wildman–Crippen MR) is 73.3 cm³/mol. The highest BCUT2D eigenvalue weighted by Crippen LogP contribution is 2.15. The van der Waals surface area contributed by atoms with E-state index in [9.17, 15) is 4.39 Å². The van der Waals surface area contributed by atoms with E-state index >= 15 is 0 Å². The molecule has 0 fully saturated rings. The minimum atomic E-state index is -0.351. The number of methoxy groups -OCH3 is 1. The van der Waals surface area contributed by atoms with E-state index in [0.29, 0.717) is 51.0 Å². The summed E-state index contributed by atoms with van der Waals surface area (Å²) in [5.41, 5.74) is 6.16. The Bertz CT molecular complexity index is 376. The van der Waals surface area contributed by atoms with Crippen molar-refractivity contribution in [2.75, 3.05) is 46.8 Å². The number of halogens is 1. The fraction of sp³-hybridized carbons (Fsp3) is 0.571. The third-order valence-electron chi connectivity index (χ3n) is 2.47. The molecule has 0 aliphatic heterocycles. The smallest absolute Gasteiger partial charge is 0.127 e.